The Morgan fingerprint density at radius 2 is 1.93 bits per heavy atom. The Labute approximate surface area is 169 Å². The monoisotopic (exact) mass is 420 g/mol. The number of likely N-dealkylation sites (N-methyl/N-ethyl adjacent to an activating group) is 1. The molecule has 29 heavy (non-hydrogen) atoms. The van der Waals surface area contributed by atoms with Crippen LogP contribution in [0.4, 0.5) is 5.69 Å². The zero-order valence-electron chi connectivity index (χ0n) is 16.4. The maximum atomic E-state index is 12.7. The van der Waals surface area contributed by atoms with Crippen LogP contribution in [0.15, 0.2) is 29.4 Å². The molecule has 2 aliphatic rings. The number of hydrogen-bond acceptors (Lipinski definition) is 6. The highest BCUT2D eigenvalue weighted by Gasteiger charge is 2.37. The summed E-state index contributed by atoms with van der Waals surface area (Å²) in [5.41, 5.74) is 1.86. The Morgan fingerprint density at radius 3 is 2.55 bits per heavy atom. The van der Waals surface area contributed by atoms with Crippen molar-refractivity contribution in [2.75, 3.05) is 30.4 Å². The van der Waals surface area contributed by atoms with Crippen LogP contribution < -0.4 is 5.32 Å². The van der Waals surface area contributed by atoms with Crippen LogP contribution in [0.3, 0.4) is 0 Å². The van der Waals surface area contributed by atoms with Gasteiger partial charge in [-0.05, 0) is 25.5 Å². The van der Waals surface area contributed by atoms with E-state index in [2.05, 4.69) is 10.4 Å². The number of hydrogen-bond donors (Lipinski definition) is 1. The van der Waals surface area contributed by atoms with Crippen LogP contribution in [0.5, 0.6) is 0 Å². The lowest BCUT2D eigenvalue weighted by Gasteiger charge is -2.28. The standard InChI is InChI=1S/C19H24N4O5S/c1-13-3-5-14(6-4-13)20-17(24)11-22(2)19(26)16-7-8-18(25)23(21-16)15-9-10-29(27,28)12-15/h3-6,15H,7-12H2,1-2H3,(H,20,24)/t15-/m1/s1. The van der Waals surface area contributed by atoms with Crippen LogP contribution in [0.25, 0.3) is 0 Å². The van der Waals surface area contributed by atoms with Crippen molar-refractivity contribution < 1.29 is 22.8 Å². The first-order chi connectivity index (χ1) is 13.6. The van der Waals surface area contributed by atoms with E-state index in [0.717, 1.165) is 10.6 Å². The van der Waals surface area contributed by atoms with Gasteiger partial charge in [-0.2, -0.15) is 5.10 Å². The second-order valence-electron chi connectivity index (χ2n) is 7.42. The normalized spacial score (nSPS) is 20.9. The van der Waals surface area contributed by atoms with Gasteiger partial charge in [-0.1, -0.05) is 17.7 Å². The Morgan fingerprint density at radius 1 is 1.24 bits per heavy atom. The summed E-state index contributed by atoms with van der Waals surface area (Å²) in [6, 6.07) is 6.76. The fourth-order valence-electron chi connectivity index (χ4n) is 3.32. The molecule has 1 saturated heterocycles. The van der Waals surface area contributed by atoms with Crippen molar-refractivity contribution >= 4 is 39.0 Å². The number of rotatable bonds is 5. The van der Waals surface area contributed by atoms with E-state index < -0.39 is 21.8 Å². The van der Waals surface area contributed by atoms with E-state index >= 15 is 0 Å². The zero-order chi connectivity index (χ0) is 21.2. The van der Waals surface area contributed by atoms with E-state index in [1.807, 2.05) is 19.1 Å². The number of anilines is 1. The summed E-state index contributed by atoms with van der Waals surface area (Å²) in [6.07, 6.45) is 0.565. The highest BCUT2D eigenvalue weighted by atomic mass is 32.2. The number of benzene rings is 1. The minimum atomic E-state index is -3.18. The molecule has 2 heterocycles. The molecule has 0 aromatic heterocycles. The number of amides is 3. The Bertz CT molecular complexity index is 955. The summed E-state index contributed by atoms with van der Waals surface area (Å²) in [5.74, 6) is -1.22. The summed E-state index contributed by atoms with van der Waals surface area (Å²) in [7, 11) is -1.70. The molecule has 0 spiro atoms. The van der Waals surface area contributed by atoms with Crippen LogP contribution in [0.2, 0.25) is 0 Å². The van der Waals surface area contributed by atoms with Crippen molar-refractivity contribution in [1.29, 1.82) is 0 Å². The second kappa shape index (κ2) is 8.32. The SMILES string of the molecule is Cc1ccc(NC(=O)CN(C)C(=O)C2=NN([C@@H]3CCS(=O)(=O)C3)C(=O)CC2)cc1. The molecule has 9 nitrogen and oxygen atoms in total. The van der Waals surface area contributed by atoms with Gasteiger partial charge in [-0.25, -0.2) is 13.4 Å². The highest BCUT2D eigenvalue weighted by Crippen LogP contribution is 2.22. The first-order valence-electron chi connectivity index (χ1n) is 9.36. The van der Waals surface area contributed by atoms with Crippen molar-refractivity contribution in [3.8, 4) is 0 Å². The van der Waals surface area contributed by atoms with E-state index in [1.165, 1.54) is 11.9 Å². The van der Waals surface area contributed by atoms with Gasteiger partial charge in [0.2, 0.25) is 11.8 Å². The first kappa shape index (κ1) is 21.0. The average Bonchev–Trinajstić information content (AvgIpc) is 3.03. The lowest BCUT2D eigenvalue weighted by molar-refractivity contribution is -0.134. The molecule has 0 saturated carbocycles. The third-order valence-corrected chi connectivity index (χ3v) is 6.67. The lowest BCUT2D eigenvalue weighted by atomic mass is 10.1. The molecule has 1 aromatic carbocycles. The summed E-state index contributed by atoms with van der Waals surface area (Å²) >= 11 is 0. The van der Waals surface area contributed by atoms with Gasteiger partial charge in [-0.3, -0.25) is 14.4 Å². The first-order valence-corrected chi connectivity index (χ1v) is 11.2. The number of hydrazone groups is 1. The molecule has 1 fully saturated rings. The molecule has 0 bridgehead atoms. The third-order valence-electron chi connectivity index (χ3n) is 4.92. The summed E-state index contributed by atoms with van der Waals surface area (Å²) in [5, 5.41) is 8.01. The molecule has 156 valence electrons. The van der Waals surface area contributed by atoms with E-state index in [1.54, 1.807) is 12.1 Å². The Hall–Kier alpha value is -2.75. The molecule has 0 unspecified atom stereocenters. The molecule has 1 aromatic rings. The van der Waals surface area contributed by atoms with E-state index in [4.69, 9.17) is 0 Å². The van der Waals surface area contributed by atoms with E-state index in [-0.39, 0.29) is 48.4 Å². The minimum absolute atomic E-state index is 0.0132. The minimum Gasteiger partial charge on any atom is -0.331 e. The largest absolute Gasteiger partial charge is 0.331 e. The summed E-state index contributed by atoms with van der Waals surface area (Å²) in [4.78, 5) is 38.3. The number of nitrogens with zero attached hydrogens (tertiary/aromatic N) is 3. The quantitative estimate of drug-likeness (QED) is 0.747. The predicted octanol–water partition coefficient (Wildman–Crippen LogP) is 0.557. The number of aryl methyl sites for hydroxylation is 1. The molecular weight excluding hydrogens is 396 g/mol. The van der Waals surface area contributed by atoms with Crippen molar-refractivity contribution in [1.82, 2.24) is 9.91 Å². The maximum Gasteiger partial charge on any atom is 0.270 e. The molecule has 0 radical (unpaired) electrons. The van der Waals surface area contributed by atoms with Crippen LogP contribution >= 0.6 is 0 Å². The van der Waals surface area contributed by atoms with Gasteiger partial charge in [0.15, 0.2) is 9.84 Å². The van der Waals surface area contributed by atoms with Crippen molar-refractivity contribution in [3.63, 3.8) is 0 Å². The van der Waals surface area contributed by atoms with Crippen LogP contribution in [0.1, 0.15) is 24.8 Å². The second-order valence-corrected chi connectivity index (χ2v) is 9.65. The number of nitrogens with one attached hydrogen (secondary N) is 1. The molecule has 0 aliphatic carbocycles. The average molecular weight is 420 g/mol. The van der Waals surface area contributed by atoms with Gasteiger partial charge in [0.1, 0.15) is 5.71 Å². The zero-order valence-corrected chi connectivity index (χ0v) is 17.2. The smallest absolute Gasteiger partial charge is 0.270 e. The number of sulfone groups is 1. The van der Waals surface area contributed by atoms with Gasteiger partial charge in [0.25, 0.3) is 5.91 Å². The molecule has 1 N–H and O–H groups in total. The molecule has 3 amide bonds. The van der Waals surface area contributed by atoms with Gasteiger partial charge in [-0.15, -0.1) is 0 Å². The van der Waals surface area contributed by atoms with Crippen LogP contribution in [-0.2, 0) is 24.2 Å². The van der Waals surface area contributed by atoms with Crippen molar-refractivity contribution in [2.24, 2.45) is 5.10 Å². The van der Waals surface area contributed by atoms with Gasteiger partial charge in [0, 0.05) is 25.6 Å². The molecule has 3 rings (SSSR count). The molecule has 2 aliphatic heterocycles. The van der Waals surface area contributed by atoms with Crippen LogP contribution in [0, 0.1) is 6.92 Å². The fourth-order valence-corrected chi connectivity index (χ4v) is 5.02. The van der Waals surface area contributed by atoms with Crippen molar-refractivity contribution in [3.05, 3.63) is 29.8 Å². The topological polar surface area (TPSA) is 116 Å². The Kier molecular flexibility index (Phi) is 6.02. The number of carbonyl (C=O) groups is 3. The Balaban J connectivity index is 1.63. The fraction of sp³-hybridized carbons (Fsp3) is 0.474. The molecule has 10 heteroatoms. The molecule has 1 atom stereocenters. The number of carbonyl (C=O) groups excluding carboxylic acids is 3. The maximum absolute atomic E-state index is 12.7. The van der Waals surface area contributed by atoms with E-state index in [9.17, 15) is 22.8 Å². The molecular formula is C19H24N4O5S. The highest BCUT2D eigenvalue weighted by molar-refractivity contribution is 7.91. The third kappa shape index (κ3) is 5.20. The van der Waals surface area contributed by atoms with Gasteiger partial charge >= 0.3 is 0 Å². The van der Waals surface area contributed by atoms with E-state index in [0.29, 0.717) is 12.1 Å². The predicted molar refractivity (Wildman–Crippen MR) is 108 cm³/mol. The van der Waals surface area contributed by atoms with Crippen LogP contribution in [-0.4, -0.2) is 72.9 Å². The van der Waals surface area contributed by atoms with Gasteiger partial charge in [0.05, 0.1) is 24.1 Å². The lowest BCUT2D eigenvalue weighted by Crippen LogP contribution is -2.45. The summed E-state index contributed by atoms with van der Waals surface area (Å²) < 4.78 is 23.4. The summed E-state index contributed by atoms with van der Waals surface area (Å²) in [6.45, 7) is 1.77. The van der Waals surface area contributed by atoms with Gasteiger partial charge < -0.3 is 10.2 Å². The van der Waals surface area contributed by atoms with Crippen molar-refractivity contribution in [2.45, 2.75) is 32.2 Å².